The fourth-order valence-corrected chi connectivity index (χ4v) is 5.09. The molecular weight excluding hydrogens is 584 g/mol. The molecule has 2 saturated heterocycles. The van der Waals surface area contributed by atoms with Crippen molar-refractivity contribution in [1.82, 2.24) is 0 Å². The molecule has 2 aliphatic rings. The maximum atomic E-state index is 11.4. The van der Waals surface area contributed by atoms with Crippen LogP contribution in [0.4, 0.5) is 0 Å². The van der Waals surface area contributed by atoms with Crippen molar-refractivity contribution in [2.75, 3.05) is 40.6 Å². The summed E-state index contributed by atoms with van der Waals surface area (Å²) < 4.78 is 32.6. The van der Waals surface area contributed by atoms with Crippen molar-refractivity contribution in [3.63, 3.8) is 0 Å². The van der Waals surface area contributed by atoms with Crippen LogP contribution in [0.15, 0.2) is 42.5 Å². The van der Waals surface area contributed by atoms with E-state index in [0.29, 0.717) is 12.8 Å². The smallest absolute Gasteiger partial charge is 0.330 e. The van der Waals surface area contributed by atoms with Gasteiger partial charge < -0.3 is 28.4 Å². The first-order chi connectivity index (χ1) is 21.8. The molecule has 0 N–H and O–H groups in total. The predicted octanol–water partition coefficient (Wildman–Crippen LogP) is 7.38. The van der Waals surface area contributed by atoms with Gasteiger partial charge in [-0.05, 0) is 52.1 Å². The first-order valence-corrected chi connectivity index (χ1v) is 16.4. The van der Waals surface area contributed by atoms with Gasteiger partial charge in [-0.15, -0.1) is 0 Å². The zero-order chi connectivity index (χ0) is 33.7. The third-order valence-corrected chi connectivity index (χ3v) is 8.16. The van der Waals surface area contributed by atoms with Crippen molar-refractivity contribution in [2.24, 2.45) is 0 Å². The molecule has 0 spiro atoms. The highest BCUT2D eigenvalue weighted by Crippen LogP contribution is 2.32. The van der Waals surface area contributed by atoms with E-state index in [1.54, 1.807) is 6.08 Å². The number of hydrogen-bond acceptors (Lipinski definition) is 8. The van der Waals surface area contributed by atoms with Gasteiger partial charge in [0.2, 0.25) is 0 Å². The van der Waals surface area contributed by atoms with E-state index >= 15 is 0 Å². The fourth-order valence-electron chi connectivity index (χ4n) is 5.09. The number of methoxy groups -OCH3 is 2. The Morgan fingerprint density at radius 3 is 1.74 bits per heavy atom. The maximum absolute atomic E-state index is 11.4. The standard InChI is InChI=1S/C19H28O4.C19H26O4/c2*1-19(2,3)15-7-5-14(6-8-18(20)21-4)17(13-15)23-16-9-11-22-12-10-16/h5,7,13,16H,6,8-12H2,1-4H3;5-8,13,16H,9-12H2,1-4H3. The summed E-state index contributed by atoms with van der Waals surface area (Å²) in [4.78, 5) is 22.8. The largest absolute Gasteiger partial charge is 0.490 e. The van der Waals surface area contributed by atoms with Crippen LogP contribution < -0.4 is 9.47 Å². The number of carbonyl (C=O) groups excluding carboxylic acids is 2. The topological polar surface area (TPSA) is 89.5 Å². The van der Waals surface area contributed by atoms with Crippen LogP contribution in [0, 0.1) is 0 Å². The van der Waals surface area contributed by atoms with Crippen molar-refractivity contribution in [3.05, 3.63) is 64.7 Å². The van der Waals surface area contributed by atoms with Crippen LogP contribution in [0.25, 0.3) is 6.08 Å². The molecule has 8 nitrogen and oxygen atoms in total. The molecule has 0 bridgehead atoms. The summed E-state index contributed by atoms with van der Waals surface area (Å²) in [5.41, 5.74) is 4.49. The van der Waals surface area contributed by atoms with Crippen LogP contribution in [-0.2, 0) is 45.8 Å². The Hall–Kier alpha value is -3.36. The quantitative estimate of drug-likeness (QED) is 0.208. The third-order valence-electron chi connectivity index (χ3n) is 8.16. The second kappa shape index (κ2) is 17.5. The molecule has 0 aliphatic carbocycles. The van der Waals surface area contributed by atoms with Crippen LogP contribution in [0.3, 0.4) is 0 Å². The summed E-state index contributed by atoms with van der Waals surface area (Å²) in [5.74, 6) is 1.14. The second-order valence-electron chi connectivity index (χ2n) is 13.9. The molecule has 4 rings (SSSR count). The molecule has 0 aromatic heterocycles. The molecule has 2 aliphatic heterocycles. The van der Waals surface area contributed by atoms with Gasteiger partial charge in [0.05, 0.1) is 40.6 Å². The number of hydrogen-bond donors (Lipinski definition) is 0. The number of esters is 2. The molecule has 2 heterocycles. The molecular formula is C38H54O8. The van der Waals surface area contributed by atoms with E-state index in [1.165, 1.54) is 31.4 Å². The molecule has 2 aromatic rings. The minimum Gasteiger partial charge on any atom is -0.490 e. The van der Waals surface area contributed by atoms with Crippen molar-refractivity contribution in [1.29, 1.82) is 0 Å². The molecule has 0 unspecified atom stereocenters. The van der Waals surface area contributed by atoms with Gasteiger partial charge in [0.1, 0.15) is 23.7 Å². The Labute approximate surface area is 275 Å². The van der Waals surface area contributed by atoms with Gasteiger partial charge in [0.15, 0.2) is 0 Å². The van der Waals surface area contributed by atoms with Gasteiger partial charge in [-0.2, -0.15) is 0 Å². The third kappa shape index (κ3) is 12.1. The van der Waals surface area contributed by atoms with Gasteiger partial charge in [0, 0.05) is 43.7 Å². The van der Waals surface area contributed by atoms with Crippen LogP contribution in [-0.4, -0.2) is 64.8 Å². The van der Waals surface area contributed by atoms with Gasteiger partial charge >= 0.3 is 11.9 Å². The Kier molecular flexibility index (Phi) is 14.1. The van der Waals surface area contributed by atoms with Crippen molar-refractivity contribution in [3.8, 4) is 11.5 Å². The van der Waals surface area contributed by atoms with E-state index in [1.807, 2.05) is 6.07 Å². The summed E-state index contributed by atoms with van der Waals surface area (Å²) in [6.07, 6.45) is 8.12. The van der Waals surface area contributed by atoms with E-state index in [2.05, 4.69) is 76.6 Å². The van der Waals surface area contributed by atoms with Crippen LogP contribution in [0.2, 0.25) is 0 Å². The van der Waals surface area contributed by atoms with Crippen molar-refractivity contribution < 1.29 is 38.0 Å². The summed E-state index contributed by atoms with van der Waals surface area (Å²) in [6, 6.07) is 12.5. The average Bonchev–Trinajstić information content (AvgIpc) is 3.03. The first kappa shape index (κ1) is 37.1. The SMILES string of the molecule is COC(=O)C=Cc1ccc(C(C)(C)C)cc1OC1CCOCC1.COC(=O)CCc1ccc(C(C)(C)C)cc1OC1CCOCC1. The lowest BCUT2D eigenvalue weighted by atomic mass is 9.86. The lowest BCUT2D eigenvalue weighted by Gasteiger charge is -2.26. The van der Waals surface area contributed by atoms with Gasteiger partial charge in [-0.25, -0.2) is 4.79 Å². The Morgan fingerprint density at radius 2 is 1.24 bits per heavy atom. The van der Waals surface area contributed by atoms with Crippen LogP contribution >= 0.6 is 0 Å². The normalized spacial score (nSPS) is 16.3. The zero-order valence-corrected chi connectivity index (χ0v) is 29.1. The lowest BCUT2D eigenvalue weighted by molar-refractivity contribution is -0.140. The monoisotopic (exact) mass is 638 g/mol. The van der Waals surface area contributed by atoms with E-state index in [4.69, 9.17) is 23.7 Å². The minimum atomic E-state index is -0.373. The predicted molar refractivity (Wildman–Crippen MR) is 181 cm³/mol. The Bertz CT molecular complexity index is 1290. The van der Waals surface area contributed by atoms with E-state index in [9.17, 15) is 9.59 Å². The van der Waals surface area contributed by atoms with E-state index in [0.717, 1.165) is 74.7 Å². The molecule has 2 fully saturated rings. The number of aryl methyl sites for hydroxylation is 1. The number of ether oxygens (including phenoxy) is 6. The molecule has 0 amide bonds. The van der Waals surface area contributed by atoms with Gasteiger partial charge in [-0.3, -0.25) is 4.79 Å². The Morgan fingerprint density at radius 1 is 0.739 bits per heavy atom. The number of benzene rings is 2. The van der Waals surface area contributed by atoms with Crippen LogP contribution in [0.1, 0.15) is 95.9 Å². The molecule has 8 heteroatoms. The van der Waals surface area contributed by atoms with E-state index < -0.39 is 0 Å². The highest BCUT2D eigenvalue weighted by Gasteiger charge is 2.22. The first-order valence-electron chi connectivity index (χ1n) is 16.4. The molecule has 2 aromatic carbocycles. The summed E-state index contributed by atoms with van der Waals surface area (Å²) in [6.45, 7) is 16.0. The highest BCUT2D eigenvalue weighted by molar-refractivity contribution is 5.87. The summed E-state index contributed by atoms with van der Waals surface area (Å²) >= 11 is 0. The van der Waals surface area contributed by atoms with E-state index in [-0.39, 0.29) is 35.0 Å². The van der Waals surface area contributed by atoms with Crippen molar-refractivity contribution in [2.45, 2.75) is 103 Å². The van der Waals surface area contributed by atoms with Gasteiger partial charge in [-0.1, -0.05) is 65.8 Å². The number of carbonyl (C=O) groups is 2. The lowest BCUT2D eigenvalue weighted by Crippen LogP contribution is -2.26. The molecule has 0 radical (unpaired) electrons. The fraction of sp³-hybridized carbons (Fsp3) is 0.579. The van der Waals surface area contributed by atoms with Crippen LogP contribution in [0.5, 0.6) is 11.5 Å². The molecule has 46 heavy (non-hydrogen) atoms. The van der Waals surface area contributed by atoms with Gasteiger partial charge in [0.25, 0.3) is 0 Å². The highest BCUT2D eigenvalue weighted by atomic mass is 16.5. The Balaban J connectivity index is 0.000000250. The second-order valence-corrected chi connectivity index (χ2v) is 13.9. The minimum absolute atomic E-state index is 0.0401. The van der Waals surface area contributed by atoms with Crippen molar-refractivity contribution >= 4 is 18.0 Å². The summed E-state index contributed by atoms with van der Waals surface area (Å²) in [5, 5.41) is 0. The molecule has 0 atom stereocenters. The number of rotatable bonds is 9. The zero-order valence-electron chi connectivity index (χ0n) is 29.1. The molecule has 254 valence electrons. The summed E-state index contributed by atoms with van der Waals surface area (Å²) in [7, 11) is 2.79. The maximum Gasteiger partial charge on any atom is 0.330 e. The average molecular weight is 639 g/mol. The molecule has 0 saturated carbocycles.